The van der Waals surface area contributed by atoms with E-state index in [1.54, 1.807) is 0 Å². The third-order valence-electron chi connectivity index (χ3n) is 3.10. The van der Waals surface area contributed by atoms with Crippen molar-refractivity contribution in [3.05, 3.63) is 11.9 Å². The van der Waals surface area contributed by atoms with E-state index in [2.05, 4.69) is 47.8 Å². The SMILES string of the molecule is CC(CCN(C)C)NCc1cnc(N(C)C)n1C. The summed E-state index contributed by atoms with van der Waals surface area (Å²) < 4.78 is 2.13. The van der Waals surface area contributed by atoms with Crippen LogP contribution in [0.5, 0.6) is 0 Å². The van der Waals surface area contributed by atoms with E-state index in [1.807, 2.05) is 25.2 Å². The molecule has 0 aliphatic carbocycles. The van der Waals surface area contributed by atoms with E-state index in [9.17, 15) is 0 Å². The Morgan fingerprint density at radius 3 is 2.50 bits per heavy atom. The topological polar surface area (TPSA) is 36.3 Å². The van der Waals surface area contributed by atoms with Crippen LogP contribution < -0.4 is 10.2 Å². The van der Waals surface area contributed by atoms with Crippen molar-refractivity contribution in [3.8, 4) is 0 Å². The fraction of sp³-hybridized carbons (Fsp3) is 0.769. The van der Waals surface area contributed by atoms with Crippen LogP contribution in [0.2, 0.25) is 0 Å². The summed E-state index contributed by atoms with van der Waals surface area (Å²) in [5.41, 5.74) is 1.22. The van der Waals surface area contributed by atoms with Gasteiger partial charge in [-0.2, -0.15) is 0 Å². The molecule has 18 heavy (non-hydrogen) atoms. The van der Waals surface area contributed by atoms with Crippen LogP contribution in [0, 0.1) is 0 Å². The largest absolute Gasteiger partial charge is 0.348 e. The zero-order valence-corrected chi connectivity index (χ0v) is 12.6. The molecule has 0 radical (unpaired) electrons. The predicted molar refractivity (Wildman–Crippen MR) is 77.0 cm³/mol. The van der Waals surface area contributed by atoms with Gasteiger partial charge in [-0.3, -0.25) is 0 Å². The van der Waals surface area contributed by atoms with Crippen molar-refractivity contribution in [2.24, 2.45) is 7.05 Å². The number of rotatable bonds is 7. The molecule has 1 atom stereocenters. The molecule has 5 nitrogen and oxygen atoms in total. The average Bonchev–Trinajstić information content (AvgIpc) is 2.65. The van der Waals surface area contributed by atoms with Crippen LogP contribution in [-0.2, 0) is 13.6 Å². The first-order chi connectivity index (χ1) is 8.41. The van der Waals surface area contributed by atoms with Crippen LogP contribution in [0.25, 0.3) is 0 Å². The Balaban J connectivity index is 2.44. The number of hydrogen-bond donors (Lipinski definition) is 1. The number of anilines is 1. The Bertz CT molecular complexity index is 356. The van der Waals surface area contributed by atoms with Crippen molar-refractivity contribution in [2.45, 2.75) is 25.9 Å². The summed E-state index contributed by atoms with van der Waals surface area (Å²) in [4.78, 5) is 8.65. The molecule has 1 aromatic heterocycles. The molecular weight excluding hydrogens is 226 g/mol. The molecule has 0 amide bonds. The number of imidazole rings is 1. The van der Waals surface area contributed by atoms with Gasteiger partial charge in [0.05, 0.1) is 11.9 Å². The lowest BCUT2D eigenvalue weighted by molar-refractivity contribution is 0.364. The van der Waals surface area contributed by atoms with Gasteiger partial charge in [0.2, 0.25) is 5.95 Å². The van der Waals surface area contributed by atoms with Gasteiger partial charge in [0.15, 0.2) is 0 Å². The molecule has 5 heteroatoms. The molecule has 104 valence electrons. The minimum Gasteiger partial charge on any atom is -0.348 e. The molecule has 1 rings (SSSR count). The Morgan fingerprint density at radius 1 is 1.33 bits per heavy atom. The highest BCUT2D eigenvalue weighted by molar-refractivity contribution is 5.30. The first-order valence-corrected chi connectivity index (χ1v) is 6.47. The quantitative estimate of drug-likeness (QED) is 0.784. The van der Waals surface area contributed by atoms with Crippen LogP contribution >= 0.6 is 0 Å². The van der Waals surface area contributed by atoms with Crippen molar-refractivity contribution < 1.29 is 0 Å². The lowest BCUT2D eigenvalue weighted by Crippen LogP contribution is -2.30. The molecule has 1 aromatic rings. The monoisotopic (exact) mass is 253 g/mol. The third-order valence-corrected chi connectivity index (χ3v) is 3.10. The van der Waals surface area contributed by atoms with Gasteiger partial charge in [-0.1, -0.05) is 0 Å². The summed E-state index contributed by atoms with van der Waals surface area (Å²) in [5, 5.41) is 3.54. The summed E-state index contributed by atoms with van der Waals surface area (Å²) >= 11 is 0. The maximum absolute atomic E-state index is 4.41. The summed E-state index contributed by atoms with van der Waals surface area (Å²) in [6.45, 7) is 4.21. The summed E-state index contributed by atoms with van der Waals surface area (Å²) in [6.07, 6.45) is 3.10. The Kier molecular flexibility index (Phi) is 5.62. The third kappa shape index (κ3) is 4.31. The van der Waals surface area contributed by atoms with Gasteiger partial charge in [-0.25, -0.2) is 4.98 Å². The Hall–Kier alpha value is -1.07. The highest BCUT2D eigenvalue weighted by Crippen LogP contribution is 2.10. The predicted octanol–water partition coefficient (Wildman–Crippen LogP) is 0.916. The van der Waals surface area contributed by atoms with E-state index in [0.717, 1.165) is 25.5 Å². The molecule has 0 aliphatic heterocycles. The Labute approximate surface area is 111 Å². The van der Waals surface area contributed by atoms with Crippen molar-refractivity contribution >= 4 is 5.95 Å². The number of hydrogen-bond acceptors (Lipinski definition) is 4. The summed E-state index contributed by atoms with van der Waals surface area (Å²) in [6, 6.07) is 0.519. The maximum atomic E-state index is 4.41. The Morgan fingerprint density at radius 2 is 2.00 bits per heavy atom. The van der Waals surface area contributed by atoms with Gasteiger partial charge in [-0.05, 0) is 34.0 Å². The standard InChI is InChI=1S/C13H27N5/c1-11(7-8-16(2)3)14-9-12-10-15-13(17(4)5)18(12)6/h10-11,14H,7-9H2,1-6H3. The van der Waals surface area contributed by atoms with Crippen molar-refractivity contribution in [2.75, 3.05) is 39.6 Å². The number of nitrogens with zero attached hydrogens (tertiary/aromatic N) is 4. The van der Waals surface area contributed by atoms with Gasteiger partial charge >= 0.3 is 0 Å². The number of nitrogens with one attached hydrogen (secondary N) is 1. The van der Waals surface area contributed by atoms with Crippen molar-refractivity contribution in [3.63, 3.8) is 0 Å². The number of aromatic nitrogens is 2. The fourth-order valence-electron chi connectivity index (χ4n) is 1.85. The first kappa shape index (κ1) is 15.0. The highest BCUT2D eigenvalue weighted by atomic mass is 15.3. The van der Waals surface area contributed by atoms with Crippen LogP contribution in [0.3, 0.4) is 0 Å². The fourth-order valence-corrected chi connectivity index (χ4v) is 1.85. The van der Waals surface area contributed by atoms with E-state index in [0.29, 0.717) is 6.04 Å². The molecule has 1 N–H and O–H groups in total. The lowest BCUT2D eigenvalue weighted by Gasteiger charge is -2.17. The summed E-state index contributed by atoms with van der Waals surface area (Å²) in [7, 11) is 10.3. The smallest absolute Gasteiger partial charge is 0.204 e. The van der Waals surface area contributed by atoms with Gasteiger partial charge < -0.3 is 19.7 Å². The van der Waals surface area contributed by atoms with Gasteiger partial charge in [0, 0.05) is 33.7 Å². The molecule has 0 fully saturated rings. The first-order valence-electron chi connectivity index (χ1n) is 6.47. The van der Waals surface area contributed by atoms with Gasteiger partial charge in [0.25, 0.3) is 0 Å². The van der Waals surface area contributed by atoms with Crippen LogP contribution in [-0.4, -0.2) is 55.2 Å². The normalized spacial score (nSPS) is 13.1. The molecule has 0 saturated heterocycles. The van der Waals surface area contributed by atoms with Crippen molar-refractivity contribution in [1.82, 2.24) is 19.8 Å². The second-order valence-corrected chi connectivity index (χ2v) is 5.38. The van der Waals surface area contributed by atoms with E-state index in [4.69, 9.17) is 0 Å². The molecule has 0 spiro atoms. The zero-order valence-electron chi connectivity index (χ0n) is 12.6. The van der Waals surface area contributed by atoms with E-state index >= 15 is 0 Å². The molecule has 0 bridgehead atoms. The maximum Gasteiger partial charge on any atom is 0.204 e. The molecule has 0 saturated carbocycles. The molecule has 0 aromatic carbocycles. The van der Waals surface area contributed by atoms with E-state index in [1.165, 1.54) is 5.69 Å². The van der Waals surface area contributed by atoms with Crippen LogP contribution in [0.15, 0.2) is 6.20 Å². The summed E-state index contributed by atoms with van der Waals surface area (Å²) in [5.74, 6) is 0.993. The molecule has 0 aliphatic rings. The average molecular weight is 253 g/mol. The van der Waals surface area contributed by atoms with Crippen LogP contribution in [0.1, 0.15) is 19.0 Å². The van der Waals surface area contributed by atoms with Gasteiger partial charge in [-0.15, -0.1) is 0 Å². The minimum absolute atomic E-state index is 0.519. The van der Waals surface area contributed by atoms with E-state index in [-0.39, 0.29) is 0 Å². The van der Waals surface area contributed by atoms with Crippen molar-refractivity contribution in [1.29, 1.82) is 0 Å². The lowest BCUT2D eigenvalue weighted by atomic mass is 10.2. The molecule has 1 heterocycles. The second kappa shape index (κ2) is 6.75. The zero-order chi connectivity index (χ0) is 13.7. The van der Waals surface area contributed by atoms with E-state index < -0.39 is 0 Å². The van der Waals surface area contributed by atoms with Gasteiger partial charge in [0.1, 0.15) is 0 Å². The molecule has 1 unspecified atom stereocenters. The highest BCUT2D eigenvalue weighted by Gasteiger charge is 2.09. The second-order valence-electron chi connectivity index (χ2n) is 5.38. The minimum atomic E-state index is 0.519. The molecular formula is C13H27N5. The van der Waals surface area contributed by atoms with Crippen LogP contribution in [0.4, 0.5) is 5.95 Å².